The zero-order valence-electron chi connectivity index (χ0n) is 28.7. The van der Waals surface area contributed by atoms with Crippen LogP contribution in [0.4, 0.5) is 0 Å². The molecule has 3 nitrogen and oxygen atoms in total. The van der Waals surface area contributed by atoms with Gasteiger partial charge in [-0.2, -0.15) is 0 Å². The summed E-state index contributed by atoms with van der Waals surface area (Å²) in [5, 5.41) is 14.0. The Bertz CT molecular complexity index is 3140. The molecule has 12 rings (SSSR count). The van der Waals surface area contributed by atoms with Gasteiger partial charge in [0.25, 0.3) is 0 Å². The molecule has 0 fully saturated rings. The Kier molecular flexibility index (Phi) is 6.39. The first-order chi connectivity index (χ1) is 26.2. The molecule has 0 radical (unpaired) electrons. The molecule has 8 aromatic carbocycles. The van der Waals surface area contributed by atoms with Crippen molar-refractivity contribution in [2.24, 2.45) is 9.98 Å². The fourth-order valence-electron chi connectivity index (χ4n) is 9.13. The van der Waals surface area contributed by atoms with Crippen LogP contribution < -0.4 is 0 Å². The Balaban J connectivity index is 1.09. The molecule has 4 heterocycles. The fraction of sp³-hybridized carbons (Fsp3) is 0.0833. The maximum Gasteiger partial charge on any atom is 0.231 e. The molecule has 2 aliphatic heterocycles. The van der Waals surface area contributed by atoms with E-state index in [0.717, 1.165) is 34.9 Å². The van der Waals surface area contributed by atoms with Gasteiger partial charge in [-0.15, -0.1) is 11.3 Å². The number of benzene rings is 8. The van der Waals surface area contributed by atoms with Crippen LogP contribution in [-0.4, -0.2) is 21.6 Å². The van der Waals surface area contributed by atoms with Gasteiger partial charge in [-0.1, -0.05) is 133 Å². The third-order valence-corrected chi connectivity index (χ3v) is 13.8. The number of fused-ring (bicyclic) bond motifs is 15. The highest BCUT2D eigenvalue weighted by Gasteiger charge is 2.33. The summed E-state index contributed by atoms with van der Waals surface area (Å²) in [6.07, 6.45) is 1.75. The quantitative estimate of drug-likeness (QED) is 0.167. The second kappa shape index (κ2) is 11.4. The van der Waals surface area contributed by atoms with E-state index in [0.29, 0.717) is 0 Å². The van der Waals surface area contributed by atoms with Crippen LogP contribution in [0.1, 0.15) is 23.5 Å². The summed E-state index contributed by atoms with van der Waals surface area (Å²) in [6.45, 7) is 0. The Hall–Kier alpha value is -5.75. The minimum absolute atomic E-state index is 0.0411. The number of rotatable bonds is 1. The van der Waals surface area contributed by atoms with Crippen molar-refractivity contribution in [2.75, 3.05) is 0 Å². The van der Waals surface area contributed by atoms with Crippen molar-refractivity contribution >= 4 is 108 Å². The summed E-state index contributed by atoms with van der Waals surface area (Å²) in [7, 11) is 0. The summed E-state index contributed by atoms with van der Waals surface area (Å²) >= 11 is 3.73. The lowest BCUT2D eigenvalue weighted by Gasteiger charge is -2.31. The minimum atomic E-state index is 0.0411. The lowest BCUT2D eigenvalue weighted by atomic mass is 9.84. The number of thiophene rings is 1. The summed E-state index contributed by atoms with van der Waals surface area (Å²) in [6, 6.07) is 56.1. The van der Waals surface area contributed by atoms with E-state index in [2.05, 4.69) is 156 Å². The highest BCUT2D eigenvalue weighted by Crippen LogP contribution is 2.45. The predicted octanol–water partition coefficient (Wildman–Crippen LogP) is 13.1. The van der Waals surface area contributed by atoms with E-state index in [-0.39, 0.29) is 12.0 Å². The molecule has 0 saturated carbocycles. The van der Waals surface area contributed by atoms with E-state index in [1.165, 1.54) is 79.3 Å². The van der Waals surface area contributed by atoms with Crippen molar-refractivity contribution in [2.45, 2.75) is 29.7 Å². The smallest absolute Gasteiger partial charge is 0.231 e. The third-order valence-electron chi connectivity index (χ3n) is 11.6. The van der Waals surface area contributed by atoms with E-state index < -0.39 is 0 Å². The van der Waals surface area contributed by atoms with E-state index in [4.69, 9.17) is 9.98 Å². The van der Waals surface area contributed by atoms with Crippen molar-refractivity contribution in [1.29, 1.82) is 0 Å². The van der Waals surface area contributed by atoms with E-state index in [1.54, 1.807) is 0 Å². The summed E-state index contributed by atoms with van der Waals surface area (Å²) in [5.74, 6) is 0.978. The second-order valence-electron chi connectivity index (χ2n) is 14.4. The molecule has 2 unspecified atom stereocenters. The average molecular weight is 714 g/mol. The van der Waals surface area contributed by atoms with Crippen molar-refractivity contribution in [3.63, 3.8) is 0 Å². The standard InChI is InChI=1S/C48H31N3S2/c1-5-13-33-30(11-1)20-24-42-45(33)36-21-17-31(26-43(36)52-42)37-25-32-12-4-8-16-41(32)53-44-27-38(37)49-48(50-44)51-39-22-18-28-9-2-6-14-34(28)46(39)47-35-15-7-3-10-29(35)19-23-40(47)51/h1-24,26,37-38H,25,27H2. The highest BCUT2D eigenvalue weighted by atomic mass is 32.2. The fourth-order valence-corrected chi connectivity index (χ4v) is 11.4. The van der Waals surface area contributed by atoms with Crippen molar-refractivity contribution in [3.8, 4) is 0 Å². The summed E-state index contributed by atoms with van der Waals surface area (Å²) < 4.78 is 5.03. The number of aliphatic imine (C=N–C) groups is 2. The van der Waals surface area contributed by atoms with E-state index >= 15 is 0 Å². The van der Waals surface area contributed by atoms with E-state index in [1.807, 2.05) is 23.1 Å². The largest absolute Gasteiger partial charge is 0.278 e. The summed E-state index contributed by atoms with van der Waals surface area (Å²) in [4.78, 5) is 12.4. The topological polar surface area (TPSA) is 29.6 Å². The monoisotopic (exact) mass is 713 g/mol. The Morgan fingerprint density at radius 1 is 0.528 bits per heavy atom. The van der Waals surface area contributed by atoms with Crippen LogP contribution in [0.3, 0.4) is 0 Å². The second-order valence-corrected chi connectivity index (χ2v) is 16.6. The van der Waals surface area contributed by atoms with Crippen LogP contribution >= 0.6 is 23.1 Å². The molecule has 10 aromatic rings. The molecule has 0 saturated heterocycles. The molecule has 5 heteroatoms. The zero-order chi connectivity index (χ0) is 34.6. The molecule has 2 aromatic heterocycles. The number of nitrogens with zero attached hydrogens (tertiary/aromatic N) is 3. The van der Waals surface area contributed by atoms with Crippen molar-refractivity contribution < 1.29 is 0 Å². The van der Waals surface area contributed by atoms with Crippen LogP contribution in [0, 0.1) is 0 Å². The minimum Gasteiger partial charge on any atom is -0.278 e. The number of hydrogen-bond donors (Lipinski definition) is 0. The molecule has 0 spiro atoms. The van der Waals surface area contributed by atoms with Crippen molar-refractivity contribution in [1.82, 2.24) is 4.57 Å². The molecule has 2 bridgehead atoms. The molecular formula is C48H31N3S2. The average Bonchev–Trinajstić information content (AvgIpc) is 3.76. The van der Waals surface area contributed by atoms with Crippen LogP contribution in [0.5, 0.6) is 0 Å². The Labute approximate surface area is 313 Å². The van der Waals surface area contributed by atoms with Gasteiger partial charge in [0.2, 0.25) is 5.96 Å². The molecular weight excluding hydrogens is 683 g/mol. The van der Waals surface area contributed by atoms with Gasteiger partial charge in [0.1, 0.15) is 0 Å². The molecule has 53 heavy (non-hydrogen) atoms. The number of aromatic nitrogens is 1. The highest BCUT2D eigenvalue weighted by molar-refractivity contribution is 8.14. The number of hydrogen-bond acceptors (Lipinski definition) is 4. The van der Waals surface area contributed by atoms with Gasteiger partial charge >= 0.3 is 0 Å². The molecule has 2 atom stereocenters. The molecule has 0 aliphatic carbocycles. The normalized spacial score (nSPS) is 17.4. The third kappa shape index (κ3) is 4.48. The van der Waals surface area contributed by atoms with Crippen LogP contribution in [-0.2, 0) is 6.42 Å². The first-order valence-corrected chi connectivity index (χ1v) is 20.0. The van der Waals surface area contributed by atoms with Crippen LogP contribution in [0.25, 0.3) is 74.3 Å². The lowest BCUT2D eigenvalue weighted by Crippen LogP contribution is -2.30. The van der Waals surface area contributed by atoms with E-state index in [9.17, 15) is 0 Å². The maximum atomic E-state index is 5.68. The van der Waals surface area contributed by atoms with Gasteiger partial charge in [-0.3, -0.25) is 4.57 Å². The number of thioether (sulfide) groups is 1. The Morgan fingerprint density at radius 2 is 1.15 bits per heavy atom. The maximum absolute atomic E-state index is 5.68. The molecule has 250 valence electrons. The van der Waals surface area contributed by atoms with Gasteiger partial charge in [-0.25, -0.2) is 9.98 Å². The van der Waals surface area contributed by atoms with Gasteiger partial charge in [0, 0.05) is 48.2 Å². The summed E-state index contributed by atoms with van der Waals surface area (Å²) in [5.41, 5.74) is 5.02. The SMILES string of the molecule is c1ccc2c(c1)CC(c1ccc3c(c1)sc1ccc4ccccc4c13)C1CC(=NC(n3c4ccc5ccccc5c4c4c5ccccc5ccc43)=N1)S2. The Morgan fingerprint density at radius 3 is 1.87 bits per heavy atom. The van der Waals surface area contributed by atoms with Crippen LogP contribution in [0.15, 0.2) is 167 Å². The van der Waals surface area contributed by atoms with Gasteiger partial charge in [0.15, 0.2) is 0 Å². The lowest BCUT2D eigenvalue weighted by molar-refractivity contribution is 0.536. The molecule has 0 N–H and O–H groups in total. The van der Waals surface area contributed by atoms with Gasteiger partial charge < -0.3 is 0 Å². The molecule has 0 amide bonds. The van der Waals surface area contributed by atoms with Gasteiger partial charge in [-0.05, 0) is 80.2 Å². The first-order valence-electron chi connectivity index (χ1n) is 18.3. The first kappa shape index (κ1) is 29.8. The van der Waals surface area contributed by atoms with Gasteiger partial charge in [0.05, 0.1) is 22.1 Å². The van der Waals surface area contributed by atoms with Crippen molar-refractivity contribution in [3.05, 3.63) is 163 Å². The zero-order valence-corrected chi connectivity index (χ0v) is 30.3. The predicted molar refractivity (Wildman–Crippen MR) is 229 cm³/mol. The molecule has 2 aliphatic rings. The van der Waals surface area contributed by atoms with Crippen LogP contribution in [0.2, 0.25) is 0 Å².